The molecule has 1 amide bonds. The van der Waals surface area contributed by atoms with Crippen molar-refractivity contribution in [3.63, 3.8) is 0 Å². The van der Waals surface area contributed by atoms with Gasteiger partial charge in [0.2, 0.25) is 0 Å². The smallest absolute Gasteiger partial charge is 0.252 e. The Bertz CT molecular complexity index is 1010. The summed E-state index contributed by atoms with van der Waals surface area (Å²) in [7, 11) is 3.57. The van der Waals surface area contributed by atoms with Crippen molar-refractivity contribution in [3.05, 3.63) is 77.9 Å². The number of hydrogen-bond donors (Lipinski definition) is 1. The molecule has 0 aliphatic carbocycles. The highest BCUT2D eigenvalue weighted by Crippen LogP contribution is 2.26. The van der Waals surface area contributed by atoms with E-state index in [0.29, 0.717) is 5.56 Å². The second-order valence-electron chi connectivity index (χ2n) is 7.68. The molecule has 0 radical (unpaired) electrons. The van der Waals surface area contributed by atoms with Crippen LogP contribution in [0.5, 0.6) is 5.75 Å². The molecule has 156 valence electrons. The van der Waals surface area contributed by atoms with Crippen LogP contribution in [-0.4, -0.2) is 35.7 Å². The third-order valence-corrected chi connectivity index (χ3v) is 5.65. The number of benzene rings is 2. The lowest BCUT2D eigenvalue weighted by atomic mass is 10.0. The van der Waals surface area contributed by atoms with E-state index >= 15 is 0 Å². The number of carbonyl (C=O) groups excluding carboxylic acids is 1. The molecule has 0 saturated carbocycles. The molecule has 1 N–H and O–H groups in total. The maximum absolute atomic E-state index is 13.2. The molecule has 2 aromatic carbocycles. The summed E-state index contributed by atoms with van der Waals surface area (Å²) >= 11 is 0. The molecule has 1 aromatic heterocycles. The van der Waals surface area contributed by atoms with Gasteiger partial charge in [-0.15, -0.1) is 0 Å². The standard InChI is InChI=1S/C24H28N4O2/c1-27-15-12-25-23(27)22(18-8-7-11-21(17-18)30-2)26-24(29)19-9-6-10-20(16-19)28-13-4-3-5-14-28/h6-12,15-17,22H,3-5,13-14H2,1-2H3,(H,26,29)/t22-/m1/s1. The van der Waals surface area contributed by atoms with E-state index in [4.69, 9.17) is 4.74 Å². The van der Waals surface area contributed by atoms with E-state index in [1.807, 2.05) is 60.3 Å². The lowest BCUT2D eigenvalue weighted by molar-refractivity contribution is 0.0941. The molecule has 0 spiro atoms. The third kappa shape index (κ3) is 4.32. The first kappa shape index (κ1) is 20.0. The SMILES string of the molecule is COc1cccc([C@@H](NC(=O)c2cccc(N3CCCCC3)c2)c2nccn2C)c1. The number of aryl methyl sites for hydroxylation is 1. The fourth-order valence-corrected chi connectivity index (χ4v) is 3.98. The van der Waals surface area contributed by atoms with Crippen LogP contribution < -0.4 is 15.0 Å². The average Bonchev–Trinajstić information content (AvgIpc) is 3.23. The lowest BCUT2D eigenvalue weighted by Gasteiger charge is -2.29. The second kappa shape index (κ2) is 9.03. The van der Waals surface area contributed by atoms with Crippen molar-refractivity contribution in [1.82, 2.24) is 14.9 Å². The molecule has 0 bridgehead atoms. The zero-order valence-corrected chi connectivity index (χ0v) is 17.5. The number of rotatable bonds is 6. The first-order chi connectivity index (χ1) is 14.7. The van der Waals surface area contributed by atoms with E-state index < -0.39 is 0 Å². The van der Waals surface area contributed by atoms with E-state index in [2.05, 4.69) is 21.3 Å². The van der Waals surface area contributed by atoms with Crippen LogP contribution in [0.1, 0.15) is 47.1 Å². The average molecular weight is 405 g/mol. The number of piperidine rings is 1. The molecular weight excluding hydrogens is 376 g/mol. The number of ether oxygens (including phenoxy) is 1. The number of methoxy groups -OCH3 is 1. The molecule has 1 saturated heterocycles. The van der Waals surface area contributed by atoms with E-state index in [1.54, 1.807) is 13.3 Å². The number of hydrogen-bond acceptors (Lipinski definition) is 4. The Balaban J connectivity index is 1.61. The van der Waals surface area contributed by atoms with Crippen LogP contribution in [0.15, 0.2) is 60.9 Å². The van der Waals surface area contributed by atoms with Crippen molar-refractivity contribution in [2.45, 2.75) is 25.3 Å². The van der Waals surface area contributed by atoms with Crippen LogP contribution in [0.3, 0.4) is 0 Å². The first-order valence-electron chi connectivity index (χ1n) is 10.4. The van der Waals surface area contributed by atoms with Gasteiger partial charge in [0, 0.05) is 43.8 Å². The molecule has 6 nitrogen and oxygen atoms in total. The summed E-state index contributed by atoms with van der Waals surface area (Å²) in [5.74, 6) is 1.39. The molecule has 4 rings (SSSR count). The van der Waals surface area contributed by atoms with E-state index in [0.717, 1.165) is 35.9 Å². The molecule has 3 aromatic rings. The van der Waals surface area contributed by atoms with Gasteiger partial charge in [-0.1, -0.05) is 18.2 Å². The Labute approximate surface area is 177 Å². The molecule has 1 aliphatic rings. The minimum Gasteiger partial charge on any atom is -0.497 e. The molecule has 2 heterocycles. The summed E-state index contributed by atoms with van der Waals surface area (Å²) < 4.78 is 7.30. The van der Waals surface area contributed by atoms with Gasteiger partial charge in [-0.3, -0.25) is 4.79 Å². The molecule has 30 heavy (non-hydrogen) atoms. The van der Waals surface area contributed by atoms with Crippen molar-refractivity contribution < 1.29 is 9.53 Å². The Morgan fingerprint density at radius 3 is 2.63 bits per heavy atom. The van der Waals surface area contributed by atoms with Crippen LogP contribution in [0.25, 0.3) is 0 Å². The summed E-state index contributed by atoms with van der Waals surface area (Å²) in [5, 5.41) is 3.18. The maximum atomic E-state index is 13.2. The number of aromatic nitrogens is 2. The highest BCUT2D eigenvalue weighted by atomic mass is 16.5. The van der Waals surface area contributed by atoms with Crippen LogP contribution >= 0.6 is 0 Å². The second-order valence-corrected chi connectivity index (χ2v) is 7.68. The maximum Gasteiger partial charge on any atom is 0.252 e. The molecule has 1 fully saturated rings. The van der Waals surface area contributed by atoms with Crippen molar-refractivity contribution in [2.75, 3.05) is 25.1 Å². The van der Waals surface area contributed by atoms with Gasteiger partial charge >= 0.3 is 0 Å². The summed E-state index contributed by atoms with van der Waals surface area (Å²) in [6.45, 7) is 2.09. The van der Waals surface area contributed by atoms with Crippen molar-refractivity contribution in [2.24, 2.45) is 7.05 Å². The van der Waals surface area contributed by atoms with Gasteiger partial charge in [0.1, 0.15) is 17.6 Å². The van der Waals surface area contributed by atoms with Gasteiger partial charge < -0.3 is 19.5 Å². The minimum absolute atomic E-state index is 0.121. The van der Waals surface area contributed by atoms with Gasteiger partial charge in [-0.05, 0) is 55.2 Å². The summed E-state index contributed by atoms with van der Waals surface area (Å²) in [4.78, 5) is 20.1. The fraction of sp³-hybridized carbons (Fsp3) is 0.333. The zero-order valence-electron chi connectivity index (χ0n) is 17.5. The minimum atomic E-state index is -0.383. The van der Waals surface area contributed by atoms with Crippen LogP contribution in [0.2, 0.25) is 0 Å². The predicted molar refractivity (Wildman–Crippen MR) is 118 cm³/mol. The number of carbonyl (C=O) groups is 1. The quantitative estimate of drug-likeness (QED) is 0.676. The topological polar surface area (TPSA) is 59.4 Å². The highest BCUT2D eigenvalue weighted by Gasteiger charge is 2.22. The number of amides is 1. The summed E-state index contributed by atoms with van der Waals surface area (Å²) in [5.41, 5.74) is 2.68. The van der Waals surface area contributed by atoms with Crippen molar-refractivity contribution in [1.29, 1.82) is 0 Å². The van der Waals surface area contributed by atoms with Gasteiger partial charge in [0.05, 0.1) is 7.11 Å². The largest absolute Gasteiger partial charge is 0.497 e. The molecule has 0 unspecified atom stereocenters. The number of imidazole rings is 1. The number of nitrogens with one attached hydrogen (secondary N) is 1. The molecule has 1 atom stereocenters. The zero-order chi connectivity index (χ0) is 20.9. The normalized spacial score (nSPS) is 14.9. The molecular formula is C24H28N4O2. The van der Waals surface area contributed by atoms with E-state index in [1.165, 1.54) is 19.3 Å². The monoisotopic (exact) mass is 404 g/mol. The predicted octanol–water partition coefficient (Wildman–Crippen LogP) is 3.94. The Morgan fingerprint density at radius 1 is 1.10 bits per heavy atom. The first-order valence-corrected chi connectivity index (χ1v) is 10.4. The van der Waals surface area contributed by atoms with Crippen LogP contribution in [0.4, 0.5) is 5.69 Å². The van der Waals surface area contributed by atoms with Gasteiger partial charge in [-0.25, -0.2) is 4.98 Å². The van der Waals surface area contributed by atoms with Gasteiger partial charge in [-0.2, -0.15) is 0 Å². The Hall–Kier alpha value is -3.28. The van der Waals surface area contributed by atoms with Crippen LogP contribution in [-0.2, 0) is 7.05 Å². The summed E-state index contributed by atoms with van der Waals surface area (Å²) in [6, 6.07) is 15.2. The number of nitrogens with zero attached hydrogens (tertiary/aromatic N) is 3. The van der Waals surface area contributed by atoms with E-state index in [9.17, 15) is 4.79 Å². The van der Waals surface area contributed by atoms with Crippen molar-refractivity contribution in [3.8, 4) is 5.75 Å². The summed E-state index contributed by atoms with van der Waals surface area (Å²) in [6.07, 6.45) is 7.31. The Morgan fingerprint density at radius 2 is 1.90 bits per heavy atom. The molecule has 1 aliphatic heterocycles. The van der Waals surface area contributed by atoms with E-state index in [-0.39, 0.29) is 11.9 Å². The molecule has 6 heteroatoms. The van der Waals surface area contributed by atoms with Gasteiger partial charge in [0.25, 0.3) is 5.91 Å². The third-order valence-electron chi connectivity index (χ3n) is 5.65. The van der Waals surface area contributed by atoms with Crippen molar-refractivity contribution >= 4 is 11.6 Å². The Kier molecular flexibility index (Phi) is 6.02. The fourth-order valence-electron chi connectivity index (χ4n) is 3.98. The highest BCUT2D eigenvalue weighted by molar-refractivity contribution is 5.95. The lowest BCUT2D eigenvalue weighted by Crippen LogP contribution is -2.32. The van der Waals surface area contributed by atoms with Gasteiger partial charge in [0.15, 0.2) is 0 Å². The number of anilines is 1. The van der Waals surface area contributed by atoms with Crippen LogP contribution in [0, 0.1) is 0 Å².